The highest BCUT2D eigenvalue weighted by Crippen LogP contribution is 2.37. The second kappa shape index (κ2) is 7.03. The molecule has 140 valence electrons. The maximum atomic E-state index is 13.4. The zero-order chi connectivity index (χ0) is 19.0. The van der Waals surface area contributed by atoms with E-state index in [-0.39, 0.29) is 4.90 Å². The average Bonchev–Trinajstić information content (AvgIpc) is 3.16. The Bertz CT molecular complexity index is 1040. The van der Waals surface area contributed by atoms with Gasteiger partial charge in [0, 0.05) is 30.0 Å². The van der Waals surface area contributed by atoms with Crippen LogP contribution >= 0.6 is 11.6 Å². The summed E-state index contributed by atoms with van der Waals surface area (Å²) in [5.41, 5.74) is 1.84. The van der Waals surface area contributed by atoms with Gasteiger partial charge in [0.2, 0.25) is 10.0 Å². The molecule has 4 rings (SSSR count). The van der Waals surface area contributed by atoms with Crippen molar-refractivity contribution in [1.82, 2.24) is 8.87 Å². The Morgan fingerprint density at radius 3 is 2.37 bits per heavy atom. The maximum Gasteiger partial charge on any atom is 0.244 e. The lowest BCUT2D eigenvalue weighted by Crippen LogP contribution is -2.42. The third-order valence-corrected chi connectivity index (χ3v) is 6.98. The molecular formula is C20H19ClN2O3S. The van der Waals surface area contributed by atoms with Crippen molar-refractivity contribution in [3.63, 3.8) is 0 Å². The van der Waals surface area contributed by atoms with Gasteiger partial charge in [0.15, 0.2) is 0 Å². The first kappa shape index (κ1) is 18.1. The lowest BCUT2D eigenvalue weighted by molar-refractivity contribution is 0.298. The largest absolute Gasteiger partial charge is 0.497 e. The van der Waals surface area contributed by atoms with Crippen LogP contribution < -0.4 is 4.74 Å². The average molecular weight is 403 g/mol. The van der Waals surface area contributed by atoms with E-state index >= 15 is 0 Å². The number of methoxy groups -OCH3 is 1. The third-order valence-electron chi connectivity index (χ3n) is 4.85. The molecule has 1 atom stereocenters. The van der Waals surface area contributed by atoms with E-state index in [0.29, 0.717) is 18.1 Å². The van der Waals surface area contributed by atoms with Gasteiger partial charge in [-0.1, -0.05) is 23.7 Å². The summed E-state index contributed by atoms with van der Waals surface area (Å²) in [4.78, 5) is 0.241. The standard InChI is InChI=1S/C20H19ClN2O3S/c1-26-17-8-4-15(5-9-17)20-19-3-2-12-22(19)13-14-23(20)27(24,25)18-10-6-16(21)7-11-18/h2-12,20H,13-14H2,1H3. The smallest absolute Gasteiger partial charge is 0.244 e. The monoisotopic (exact) mass is 402 g/mol. The zero-order valence-corrected chi connectivity index (χ0v) is 16.3. The number of nitrogens with zero attached hydrogens (tertiary/aromatic N) is 2. The minimum absolute atomic E-state index is 0.241. The van der Waals surface area contributed by atoms with Crippen LogP contribution in [0, 0.1) is 0 Å². The van der Waals surface area contributed by atoms with Crippen molar-refractivity contribution in [2.24, 2.45) is 0 Å². The molecule has 1 aromatic heterocycles. The van der Waals surface area contributed by atoms with Crippen molar-refractivity contribution in [1.29, 1.82) is 0 Å². The maximum absolute atomic E-state index is 13.4. The van der Waals surface area contributed by atoms with E-state index in [2.05, 4.69) is 4.57 Å². The van der Waals surface area contributed by atoms with Crippen LogP contribution in [0.2, 0.25) is 5.02 Å². The fourth-order valence-corrected chi connectivity index (χ4v) is 5.19. The topological polar surface area (TPSA) is 51.5 Å². The number of benzene rings is 2. The summed E-state index contributed by atoms with van der Waals surface area (Å²) in [6.45, 7) is 1.01. The molecule has 0 radical (unpaired) electrons. The van der Waals surface area contributed by atoms with Gasteiger partial charge in [-0.05, 0) is 54.1 Å². The van der Waals surface area contributed by atoms with E-state index in [9.17, 15) is 8.42 Å². The Kier molecular flexibility index (Phi) is 4.72. The van der Waals surface area contributed by atoms with Crippen LogP contribution in [0.1, 0.15) is 17.3 Å². The molecule has 0 bridgehead atoms. The van der Waals surface area contributed by atoms with Crippen molar-refractivity contribution in [3.8, 4) is 5.75 Å². The Labute approximate surface area is 163 Å². The molecule has 1 unspecified atom stereocenters. The van der Waals surface area contributed by atoms with Crippen molar-refractivity contribution in [3.05, 3.63) is 83.1 Å². The number of sulfonamides is 1. The molecule has 2 heterocycles. The van der Waals surface area contributed by atoms with Gasteiger partial charge in [-0.15, -0.1) is 0 Å². The van der Waals surface area contributed by atoms with Gasteiger partial charge in [-0.25, -0.2) is 8.42 Å². The molecule has 0 amide bonds. The molecular weight excluding hydrogens is 384 g/mol. The van der Waals surface area contributed by atoms with E-state index in [4.69, 9.17) is 16.3 Å². The highest BCUT2D eigenvalue weighted by atomic mass is 35.5. The third kappa shape index (κ3) is 3.25. The van der Waals surface area contributed by atoms with Crippen molar-refractivity contribution in [2.45, 2.75) is 17.5 Å². The van der Waals surface area contributed by atoms with E-state index in [1.54, 1.807) is 35.7 Å². The summed E-state index contributed by atoms with van der Waals surface area (Å²) in [6, 6.07) is 17.4. The number of aromatic nitrogens is 1. The SMILES string of the molecule is COc1ccc(C2c3cccn3CCN2S(=O)(=O)c2ccc(Cl)cc2)cc1. The van der Waals surface area contributed by atoms with Crippen molar-refractivity contribution < 1.29 is 13.2 Å². The first-order chi connectivity index (χ1) is 13.0. The zero-order valence-electron chi connectivity index (χ0n) is 14.7. The van der Waals surface area contributed by atoms with Gasteiger partial charge in [-0.3, -0.25) is 0 Å². The Hall–Kier alpha value is -2.28. The molecule has 0 aliphatic carbocycles. The summed E-state index contributed by atoms with van der Waals surface area (Å²) < 4.78 is 35.7. The molecule has 1 aliphatic rings. The fraction of sp³-hybridized carbons (Fsp3) is 0.200. The minimum atomic E-state index is -3.68. The van der Waals surface area contributed by atoms with Gasteiger partial charge in [0.25, 0.3) is 0 Å². The first-order valence-corrected chi connectivity index (χ1v) is 10.4. The van der Waals surface area contributed by atoms with Crippen molar-refractivity contribution in [2.75, 3.05) is 13.7 Å². The molecule has 27 heavy (non-hydrogen) atoms. The van der Waals surface area contributed by atoms with Crippen LogP contribution in [0.3, 0.4) is 0 Å². The number of ether oxygens (including phenoxy) is 1. The normalized spacial score (nSPS) is 17.5. The van der Waals surface area contributed by atoms with Crippen molar-refractivity contribution >= 4 is 21.6 Å². The van der Waals surface area contributed by atoms with Gasteiger partial charge >= 0.3 is 0 Å². The molecule has 2 aromatic carbocycles. The van der Waals surface area contributed by atoms with Crippen LogP contribution in [0.25, 0.3) is 0 Å². The van der Waals surface area contributed by atoms with E-state index in [0.717, 1.165) is 17.0 Å². The van der Waals surface area contributed by atoms with Crippen LogP contribution in [-0.4, -0.2) is 30.9 Å². The molecule has 0 N–H and O–H groups in total. The minimum Gasteiger partial charge on any atom is -0.497 e. The van der Waals surface area contributed by atoms with Crippen LogP contribution in [0.5, 0.6) is 5.75 Å². The Morgan fingerprint density at radius 2 is 1.70 bits per heavy atom. The molecule has 7 heteroatoms. The number of rotatable bonds is 4. The Morgan fingerprint density at radius 1 is 1.00 bits per heavy atom. The molecule has 3 aromatic rings. The molecule has 0 saturated heterocycles. The molecule has 0 saturated carbocycles. The van der Waals surface area contributed by atoms with E-state index in [1.807, 2.05) is 42.6 Å². The quantitative estimate of drug-likeness (QED) is 0.664. The second-order valence-electron chi connectivity index (χ2n) is 6.37. The lowest BCUT2D eigenvalue weighted by Gasteiger charge is -2.36. The van der Waals surface area contributed by atoms with Crippen LogP contribution in [0.4, 0.5) is 0 Å². The predicted octanol–water partition coefficient (Wildman–Crippen LogP) is 3.94. The molecule has 0 fully saturated rings. The number of hydrogen-bond acceptors (Lipinski definition) is 3. The summed E-state index contributed by atoms with van der Waals surface area (Å²) in [5.74, 6) is 0.733. The number of halogens is 1. The fourth-order valence-electron chi connectivity index (χ4n) is 3.49. The summed E-state index contributed by atoms with van der Waals surface area (Å²) in [6.07, 6.45) is 1.98. The molecule has 0 spiro atoms. The van der Waals surface area contributed by atoms with Crippen LogP contribution in [0.15, 0.2) is 71.8 Å². The van der Waals surface area contributed by atoms with E-state index < -0.39 is 16.1 Å². The molecule has 5 nitrogen and oxygen atoms in total. The predicted molar refractivity (Wildman–Crippen MR) is 105 cm³/mol. The van der Waals surface area contributed by atoms with Gasteiger partial charge in [-0.2, -0.15) is 4.31 Å². The summed E-state index contributed by atoms with van der Waals surface area (Å²) in [7, 11) is -2.07. The highest BCUT2D eigenvalue weighted by molar-refractivity contribution is 7.89. The van der Waals surface area contributed by atoms with Gasteiger partial charge < -0.3 is 9.30 Å². The lowest BCUT2D eigenvalue weighted by atomic mass is 10.0. The van der Waals surface area contributed by atoms with Gasteiger partial charge in [0.05, 0.1) is 18.0 Å². The summed E-state index contributed by atoms with van der Waals surface area (Å²) in [5, 5.41) is 0.508. The number of hydrogen-bond donors (Lipinski definition) is 0. The summed E-state index contributed by atoms with van der Waals surface area (Å²) >= 11 is 5.93. The van der Waals surface area contributed by atoms with Gasteiger partial charge in [0.1, 0.15) is 5.75 Å². The first-order valence-electron chi connectivity index (χ1n) is 8.57. The Balaban J connectivity index is 1.81. The molecule has 1 aliphatic heterocycles. The second-order valence-corrected chi connectivity index (χ2v) is 8.70. The highest BCUT2D eigenvalue weighted by Gasteiger charge is 2.37. The number of fused-ring (bicyclic) bond motifs is 1. The van der Waals surface area contributed by atoms with Crippen LogP contribution in [-0.2, 0) is 16.6 Å². The van der Waals surface area contributed by atoms with E-state index in [1.165, 1.54) is 0 Å².